The number of nitrogens with zero attached hydrogens (tertiary/aromatic N) is 2. The van der Waals surface area contributed by atoms with E-state index in [2.05, 4.69) is 28.1 Å². The standard InChI is InChI=1S/C30H29N3O3/c1-36-25-15-13-23(14-16-25)30-27-12-7-19-32(27)26-11-6-5-10-24(26)21-33(30)29(35)18-17-28(34)31-20-22-8-3-2-4-9-22/h2-16,19,30H,17-18,20-21H2,1H3,(H,31,34)/t30-/m1/s1. The van der Waals surface area contributed by atoms with Gasteiger partial charge in [-0.1, -0.05) is 60.7 Å². The maximum Gasteiger partial charge on any atom is 0.224 e. The van der Waals surface area contributed by atoms with Gasteiger partial charge in [-0.15, -0.1) is 0 Å². The number of para-hydroxylation sites is 1. The number of fused-ring (bicyclic) bond motifs is 3. The minimum absolute atomic E-state index is 0.0601. The molecular formula is C30H29N3O3. The summed E-state index contributed by atoms with van der Waals surface area (Å²) in [6.45, 7) is 0.909. The molecule has 0 unspecified atom stereocenters. The van der Waals surface area contributed by atoms with Crippen molar-refractivity contribution < 1.29 is 14.3 Å². The highest BCUT2D eigenvalue weighted by atomic mass is 16.5. The van der Waals surface area contributed by atoms with Crippen LogP contribution < -0.4 is 10.1 Å². The summed E-state index contributed by atoms with van der Waals surface area (Å²) in [5.41, 5.74) is 5.15. The second-order valence-corrected chi connectivity index (χ2v) is 8.89. The Kier molecular flexibility index (Phi) is 6.85. The third-order valence-electron chi connectivity index (χ3n) is 6.61. The fraction of sp³-hybridized carbons (Fsp3) is 0.200. The van der Waals surface area contributed by atoms with Gasteiger partial charge in [0.15, 0.2) is 0 Å². The summed E-state index contributed by atoms with van der Waals surface area (Å²) in [4.78, 5) is 28.1. The summed E-state index contributed by atoms with van der Waals surface area (Å²) in [6.07, 6.45) is 2.31. The molecule has 36 heavy (non-hydrogen) atoms. The topological polar surface area (TPSA) is 63.6 Å². The minimum Gasteiger partial charge on any atom is -0.497 e. The molecule has 1 N–H and O–H groups in total. The van der Waals surface area contributed by atoms with Gasteiger partial charge in [0, 0.05) is 37.8 Å². The first-order valence-corrected chi connectivity index (χ1v) is 12.1. The molecule has 1 aromatic heterocycles. The Labute approximate surface area is 211 Å². The van der Waals surface area contributed by atoms with Crippen molar-refractivity contribution in [2.24, 2.45) is 0 Å². The van der Waals surface area contributed by atoms with Crippen LogP contribution in [0.2, 0.25) is 0 Å². The summed E-state index contributed by atoms with van der Waals surface area (Å²) in [5.74, 6) is 0.570. The molecule has 1 atom stereocenters. The highest BCUT2D eigenvalue weighted by Gasteiger charge is 2.32. The minimum atomic E-state index is -0.293. The van der Waals surface area contributed by atoms with Gasteiger partial charge in [0.25, 0.3) is 0 Å². The second-order valence-electron chi connectivity index (χ2n) is 8.89. The molecule has 1 aliphatic rings. The maximum atomic E-state index is 13.7. The van der Waals surface area contributed by atoms with Crippen LogP contribution in [-0.4, -0.2) is 28.4 Å². The number of carbonyl (C=O) groups is 2. The smallest absolute Gasteiger partial charge is 0.224 e. The van der Waals surface area contributed by atoms with E-state index in [1.807, 2.05) is 83.9 Å². The van der Waals surface area contributed by atoms with E-state index in [9.17, 15) is 9.59 Å². The third kappa shape index (κ3) is 4.89. The zero-order valence-corrected chi connectivity index (χ0v) is 20.3. The predicted molar refractivity (Wildman–Crippen MR) is 139 cm³/mol. The van der Waals surface area contributed by atoms with Gasteiger partial charge in [0.2, 0.25) is 11.8 Å². The monoisotopic (exact) mass is 479 g/mol. The molecule has 3 aromatic carbocycles. The number of rotatable bonds is 7. The van der Waals surface area contributed by atoms with E-state index in [1.165, 1.54) is 0 Å². The summed E-state index contributed by atoms with van der Waals surface area (Å²) in [5, 5.41) is 2.92. The Morgan fingerprint density at radius 2 is 1.64 bits per heavy atom. The number of aromatic nitrogens is 1. The lowest BCUT2D eigenvalue weighted by Crippen LogP contribution is -2.35. The van der Waals surface area contributed by atoms with Gasteiger partial charge in [-0.2, -0.15) is 0 Å². The van der Waals surface area contributed by atoms with Crippen LogP contribution >= 0.6 is 0 Å². The second kappa shape index (κ2) is 10.5. The molecule has 0 radical (unpaired) electrons. The van der Waals surface area contributed by atoms with Crippen LogP contribution in [-0.2, 0) is 22.7 Å². The molecular weight excluding hydrogens is 450 g/mol. The SMILES string of the molecule is COc1ccc([C@@H]2c3cccn3-c3ccccc3CN2C(=O)CCC(=O)NCc2ccccc2)cc1. The van der Waals surface area contributed by atoms with Gasteiger partial charge in [-0.25, -0.2) is 0 Å². The maximum absolute atomic E-state index is 13.7. The Balaban J connectivity index is 1.40. The Bertz CT molecular complexity index is 1350. The van der Waals surface area contributed by atoms with Gasteiger partial charge in [-0.05, 0) is 47.0 Å². The van der Waals surface area contributed by atoms with E-state index in [0.717, 1.165) is 33.8 Å². The molecule has 182 valence electrons. The average molecular weight is 480 g/mol. The van der Waals surface area contributed by atoms with Gasteiger partial charge < -0.3 is 19.5 Å². The van der Waals surface area contributed by atoms with E-state index in [0.29, 0.717) is 13.1 Å². The summed E-state index contributed by atoms with van der Waals surface area (Å²) in [6, 6.07) is 29.5. The van der Waals surface area contributed by atoms with Crippen molar-refractivity contribution in [1.29, 1.82) is 0 Å². The number of methoxy groups -OCH3 is 1. The zero-order chi connectivity index (χ0) is 24.9. The van der Waals surface area contributed by atoms with E-state index in [-0.39, 0.29) is 30.7 Å². The molecule has 4 aromatic rings. The van der Waals surface area contributed by atoms with Crippen LogP contribution in [0.15, 0.2) is 97.2 Å². The fourth-order valence-electron chi connectivity index (χ4n) is 4.77. The molecule has 0 saturated heterocycles. The van der Waals surface area contributed by atoms with Crippen molar-refractivity contribution in [2.45, 2.75) is 32.0 Å². The van der Waals surface area contributed by atoms with Gasteiger partial charge in [0.05, 0.1) is 18.8 Å². The third-order valence-corrected chi connectivity index (χ3v) is 6.61. The number of nitrogens with one attached hydrogen (secondary N) is 1. The van der Waals surface area contributed by atoms with E-state index < -0.39 is 0 Å². The van der Waals surface area contributed by atoms with Crippen LogP contribution in [0.3, 0.4) is 0 Å². The molecule has 0 spiro atoms. The number of carbonyl (C=O) groups excluding carboxylic acids is 2. The van der Waals surface area contributed by atoms with Crippen LogP contribution in [0.4, 0.5) is 0 Å². The van der Waals surface area contributed by atoms with Gasteiger partial charge >= 0.3 is 0 Å². The van der Waals surface area contributed by atoms with Gasteiger partial charge in [0.1, 0.15) is 5.75 Å². The van der Waals surface area contributed by atoms with Crippen molar-refractivity contribution in [2.75, 3.05) is 7.11 Å². The summed E-state index contributed by atoms with van der Waals surface area (Å²) < 4.78 is 7.51. The molecule has 0 bridgehead atoms. The molecule has 6 nitrogen and oxygen atoms in total. The Morgan fingerprint density at radius 1 is 0.889 bits per heavy atom. The Hall–Kier alpha value is -4.32. The number of amides is 2. The van der Waals surface area contributed by atoms with Gasteiger partial charge in [-0.3, -0.25) is 9.59 Å². The van der Waals surface area contributed by atoms with Crippen molar-refractivity contribution >= 4 is 11.8 Å². The van der Waals surface area contributed by atoms with Crippen molar-refractivity contribution in [3.05, 3.63) is 120 Å². The summed E-state index contributed by atoms with van der Waals surface area (Å²) >= 11 is 0. The molecule has 0 aliphatic carbocycles. The van der Waals surface area contributed by atoms with E-state index in [1.54, 1.807) is 7.11 Å². The predicted octanol–water partition coefficient (Wildman–Crippen LogP) is 5.01. The van der Waals surface area contributed by atoms with Crippen molar-refractivity contribution in [1.82, 2.24) is 14.8 Å². The number of ether oxygens (including phenoxy) is 1. The average Bonchev–Trinajstić information content (AvgIpc) is 3.35. The quantitative estimate of drug-likeness (QED) is 0.405. The van der Waals surface area contributed by atoms with Crippen LogP contribution in [0.1, 0.15) is 41.3 Å². The first-order chi connectivity index (χ1) is 17.6. The molecule has 0 fully saturated rings. The molecule has 5 rings (SSSR count). The highest BCUT2D eigenvalue weighted by molar-refractivity contribution is 5.84. The number of hydrogen-bond acceptors (Lipinski definition) is 3. The summed E-state index contributed by atoms with van der Waals surface area (Å²) in [7, 11) is 1.64. The largest absolute Gasteiger partial charge is 0.497 e. The van der Waals surface area contributed by atoms with Crippen LogP contribution in [0, 0.1) is 0 Å². The lowest BCUT2D eigenvalue weighted by atomic mass is 10.0. The number of hydrogen-bond donors (Lipinski definition) is 1. The lowest BCUT2D eigenvalue weighted by molar-refractivity contribution is -0.135. The van der Waals surface area contributed by atoms with Crippen LogP contribution in [0.25, 0.3) is 5.69 Å². The first-order valence-electron chi connectivity index (χ1n) is 12.1. The molecule has 1 aliphatic heterocycles. The lowest BCUT2D eigenvalue weighted by Gasteiger charge is -2.31. The number of benzene rings is 3. The molecule has 2 heterocycles. The normalized spacial score (nSPS) is 14.4. The first kappa shape index (κ1) is 23.4. The zero-order valence-electron chi connectivity index (χ0n) is 20.3. The fourth-order valence-corrected chi connectivity index (χ4v) is 4.77. The highest BCUT2D eigenvalue weighted by Crippen LogP contribution is 2.37. The van der Waals surface area contributed by atoms with E-state index in [4.69, 9.17) is 4.74 Å². The Morgan fingerprint density at radius 3 is 2.42 bits per heavy atom. The molecule has 6 heteroatoms. The molecule has 0 saturated carbocycles. The van der Waals surface area contributed by atoms with Crippen LogP contribution in [0.5, 0.6) is 5.75 Å². The van der Waals surface area contributed by atoms with Crippen molar-refractivity contribution in [3.8, 4) is 11.4 Å². The molecule has 2 amide bonds. The van der Waals surface area contributed by atoms with Crippen molar-refractivity contribution in [3.63, 3.8) is 0 Å². The van der Waals surface area contributed by atoms with E-state index >= 15 is 0 Å².